The van der Waals surface area contributed by atoms with E-state index in [1.165, 1.54) is 21.4 Å². The van der Waals surface area contributed by atoms with E-state index in [9.17, 15) is 8.42 Å². The molecule has 1 aliphatic heterocycles. The first kappa shape index (κ1) is 12.5. The fraction of sp³-hybridized carbons (Fsp3) is 0.700. The molecule has 0 amide bonds. The second-order valence-electron chi connectivity index (χ2n) is 4.80. The van der Waals surface area contributed by atoms with Crippen LogP contribution in [0.15, 0.2) is 17.3 Å². The molecule has 1 aliphatic rings. The second-order valence-corrected chi connectivity index (χ2v) is 6.73. The van der Waals surface area contributed by atoms with Crippen molar-refractivity contribution in [2.24, 2.45) is 7.05 Å². The van der Waals surface area contributed by atoms with E-state index in [0.717, 1.165) is 0 Å². The van der Waals surface area contributed by atoms with Crippen LogP contribution in [0.2, 0.25) is 0 Å². The van der Waals surface area contributed by atoms with Gasteiger partial charge in [0.2, 0.25) is 10.0 Å². The summed E-state index contributed by atoms with van der Waals surface area (Å²) in [5.41, 5.74) is -0.437. The topological polar surface area (TPSA) is 64.4 Å². The molecule has 7 heteroatoms. The van der Waals surface area contributed by atoms with Crippen molar-refractivity contribution in [3.05, 3.63) is 12.4 Å². The number of rotatable bonds is 2. The van der Waals surface area contributed by atoms with E-state index < -0.39 is 15.6 Å². The summed E-state index contributed by atoms with van der Waals surface area (Å²) in [4.78, 5) is 0.234. The zero-order valence-corrected chi connectivity index (χ0v) is 11.1. The number of hydrogen-bond acceptors (Lipinski definition) is 4. The Hall–Kier alpha value is -0.920. The number of sulfonamides is 1. The molecular formula is C10H17N3O3S. The Bertz CT molecular complexity index is 507. The van der Waals surface area contributed by atoms with Gasteiger partial charge in [-0.15, -0.1) is 0 Å². The maximum absolute atomic E-state index is 12.3. The molecule has 0 saturated carbocycles. The monoisotopic (exact) mass is 259 g/mol. The molecule has 0 bridgehead atoms. The fourth-order valence-electron chi connectivity index (χ4n) is 1.86. The predicted molar refractivity (Wildman–Crippen MR) is 62.0 cm³/mol. The molecule has 0 atom stereocenters. The van der Waals surface area contributed by atoms with E-state index in [-0.39, 0.29) is 4.90 Å². The van der Waals surface area contributed by atoms with Gasteiger partial charge in [-0.25, -0.2) is 8.42 Å². The Kier molecular flexibility index (Phi) is 3.01. The number of morpholine rings is 1. The zero-order chi connectivity index (χ0) is 12.7. The van der Waals surface area contributed by atoms with E-state index in [1.807, 2.05) is 13.8 Å². The predicted octanol–water partition coefficient (Wildman–Crippen LogP) is 0.220. The van der Waals surface area contributed by atoms with Crippen LogP contribution in [0.5, 0.6) is 0 Å². The Balaban J connectivity index is 2.27. The van der Waals surface area contributed by atoms with Crippen LogP contribution in [-0.2, 0) is 21.8 Å². The minimum Gasteiger partial charge on any atom is -0.373 e. The first-order valence-corrected chi connectivity index (χ1v) is 6.88. The van der Waals surface area contributed by atoms with E-state index in [2.05, 4.69) is 5.10 Å². The van der Waals surface area contributed by atoms with E-state index >= 15 is 0 Å². The maximum atomic E-state index is 12.3. The van der Waals surface area contributed by atoms with Gasteiger partial charge in [0.1, 0.15) is 4.90 Å². The minimum absolute atomic E-state index is 0.234. The molecule has 1 aromatic rings. The van der Waals surface area contributed by atoms with Gasteiger partial charge in [-0.1, -0.05) is 0 Å². The number of aryl methyl sites for hydroxylation is 1. The molecule has 2 rings (SSSR count). The molecule has 96 valence electrons. The average Bonchev–Trinajstić information content (AvgIpc) is 2.64. The summed E-state index contributed by atoms with van der Waals surface area (Å²) in [5.74, 6) is 0. The molecule has 1 saturated heterocycles. The molecule has 0 N–H and O–H groups in total. The SMILES string of the molecule is Cn1cc(S(=O)(=O)N2CCOC(C)(C)C2)cn1. The third-order valence-electron chi connectivity index (χ3n) is 2.71. The van der Waals surface area contributed by atoms with Crippen molar-refractivity contribution in [3.63, 3.8) is 0 Å². The summed E-state index contributed by atoms with van der Waals surface area (Å²) in [6.45, 7) is 4.95. The quantitative estimate of drug-likeness (QED) is 0.762. The second kappa shape index (κ2) is 4.08. The highest BCUT2D eigenvalue weighted by molar-refractivity contribution is 7.89. The van der Waals surface area contributed by atoms with Crippen LogP contribution in [0.25, 0.3) is 0 Å². The van der Waals surface area contributed by atoms with Crippen molar-refractivity contribution < 1.29 is 13.2 Å². The Morgan fingerprint density at radius 1 is 1.47 bits per heavy atom. The summed E-state index contributed by atoms with van der Waals surface area (Å²) in [5, 5.41) is 3.89. The highest BCUT2D eigenvalue weighted by atomic mass is 32.2. The maximum Gasteiger partial charge on any atom is 0.246 e. The van der Waals surface area contributed by atoms with Gasteiger partial charge >= 0.3 is 0 Å². The summed E-state index contributed by atoms with van der Waals surface area (Å²) in [7, 11) is -1.75. The van der Waals surface area contributed by atoms with Gasteiger partial charge in [-0.3, -0.25) is 4.68 Å². The molecular weight excluding hydrogens is 242 g/mol. The van der Waals surface area contributed by atoms with Crippen LogP contribution in [-0.4, -0.2) is 47.8 Å². The van der Waals surface area contributed by atoms with Crippen LogP contribution in [0.1, 0.15) is 13.8 Å². The lowest BCUT2D eigenvalue weighted by Crippen LogP contribution is -2.50. The molecule has 1 aromatic heterocycles. The smallest absolute Gasteiger partial charge is 0.246 e. The zero-order valence-electron chi connectivity index (χ0n) is 10.3. The van der Waals surface area contributed by atoms with Crippen molar-refractivity contribution in [2.75, 3.05) is 19.7 Å². The molecule has 2 heterocycles. The Morgan fingerprint density at radius 3 is 2.71 bits per heavy atom. The van der Waals surface area contributed by atoms with Crippen molar-refractivity contribution >= 4 is 10.0 Å². The lowest BCUT2D eigenvalue weighted by Gasteiger charge is -2.37. The summed E-state index contributed by atoms with van der Waals surface area (Å²) < 4.78 is 33.1. The van der Waals surface area contributed by atoms with E-state index in [1.54, 1.807) is 7.05 Å². The van der Waals surface area contributed by atoms with Crippen molar-refractivity contribution in [2.45, 2.75) is 24.3 Å². The molecule has 0 aromatic carbocycles. The van der Waals surface area contributed by atoms with Gasteiger partial charge in [0.05, 0.1) is 18.4 Å². The number of hydrogen-bond donors (Lipinski definition) is 0. The average molecular weight is 259 g/mol. The van der Waals surface area contributed by atoms with Crippen LogP contribution in [0, 0.1) is 0 Å². The largest absolute Gasteiger partial charge is 0.373 e. The first-order valence-electron chi connectivity index (χ1n) is 5.44. The Labute approximate surface area is 101 Å². The molecule has 0 aliphatic carbocycles. The van der Waals surface area contributed by atoms with Crippen molar-refractivity contribution in [1.29, 1.82) is 0 Å². The number of ether oxygens (including phenoxy) is 1. The third-order valence-corrected chi connectivity index (χ3v) is 4.51. The molecule has 6 nitrogen and oxygen atoms in total. The lowest BCUT2D eigenvalue weighted by molar-refractivity contribution is -0.0640. The van der Waals surface area contributed by atoms with Crippen LogP contribution < -0.4 is 0 Å². The van der Waals surface area contributed by atoms with E-state index in [0.29, 0.717) is 19.7 Å². The number of nitrogens with zero attached hydrogens (tertiary/aromatic N) is 3. The molecule has 1 fully saturated rings. The molecule has 17 heavy (non-hydrogen) atoms. The normalized spacial score (nSPS) is 21.6. The van der Waals surface area contributed by atoms with Gasteiger partial charge in [-0.2, -0.15) is 9.40 Å². The fourth-order valence-corrected chi connectivity index (χ4v) is 3.42. The molecule has 0 spiro atoms. The highest BCUT2D eigenvalue weighted by Gasteiger charge is 2.35. The molecule has 0 radical (unpaired) electrons. The first-order chi connectivity index (χ1) is 7.81. The third kappa shape index (κ3) is 2.51. The van der Waals surface area contributed by atoms with Gasteiger partial charge in [0.25, 0.3) is 0 Å². The summed E-state index contributed by atoms with van der Waals surface area (Å²) >= 11 is 0. The van der Waals surface area contributed by atoms with Gasteiger partial charge in [0, 0.05) is 26.3 Å². The van der Waals surface area contributed by atoms with Gasteiger partial charge in [0.15, 0.2) is 0 Å². The van der Waals surface area contributed by atoms with E-state index in [4.69, 9.17) is 4.74 Å². The highest BCUT2D eigenvalue weighted by Crippen LogP contribution is 2.22. The summed E-state index contributed by atoms with van der Waals surface area (Å²) in [6, 6.07) is 0. The number of aromatic nitrogens is 2. The van der Waals surface area contributed by atoms with Gasteiger partial charge in [-0.05, 0) is 13.8 Å². The minimum atomic E-state index is -3.44. The standard InChI is InChI=1S/C10H17N3O3S/c1-10(2)8-13(4-5-16-10)17(14,15)9-6-11-12(3)7-9/h6-7H,4-5,8H2,1-3H3. The van der Waals surface area contributed by atoms with Gasteiger partial charge < -0.3 is 4.74 Å². The van der Waals surface area contributed by atoms with Crippen LogP contribution in [0.4, 0.5) is 0 Å². The molecule has 0 unspecified atom stereocenters. The van der Waals surface area contributed by atoms with Crippen LogP contribution >= 0.6 is 0 Å². The summed E-state index contributed by atoms with van der Waals surface area (Å²) in [6.07, 6.45) is 2.88. The lowest BCUT2D eigenvalue weighted by atomic mass is 10.1. The Morgan fingerprint density at radius 2 is 2.18 bits per heavy atom. The van der Waals surface area contributed by atoms with Crippen LogP contribution in [0.3, 0.4) is 0 Å². The van der Waals surface area contributed by atoms with Crippen molar-refractivity contribution in [1.82, 2.24) is 14.1 Å². The van der Waals surface area contributed by atoms with Crippen molar-refractivity contribution in [3.8, 4) is 0 Å².